The summed E-state index contributed by atoms with van der Waals surface area (Å²) in [6.45, 7) is 8.04. The lowest BCUT2D eigenvalue weighted by atomic mass is 9.82. The summed E-state index contributed by atoms with van der Waals surface area (Å²) in [7, 11) is 1.78. The SMILES string of the molecule is CN=C(NCC1CC(=O)Nc2ccccc21)NCC(C)(C)c1ccccc1C. The number of guanidine groups is 1. The fourth-order valence-electron chi connectivity index (χ4n) is 3.86. The third-order valence-electron chi connectivity index (χ3n) is 5.42. The van der Waals surface area contributed by atoms with Gasteiger partial charge >= 0.3 is 0 Å². The Bertz CT molecular complexity index is 872. The van der Waals surface area contributed by atoms with Crippen LogP contribution in [0.2, 0.25) is 0 Å². The summed E-state index contributed by atoms with van der Waals surface area (Å²) in [6.07, 6.45) is 0.482. The molecule has 0 aliphatic carbocycles. The Balaban J connectivity index is 1.61. The second-order valence-corrected chi connectivity index (χ2v) is 8.04. The number of hydrogen-bond acceptors (Lipinski definition) is 2. The Hall–Kier alpha value is -2.82. The van der Waals surface area contributed by atoms with Crippen LogP contribution in [0.4, 0.5) is 5.69 Å². The Kier molecular flexibility index (Phi) is 6.02. The van der Waals surface area contributed by atoms with Gasteiger partial charge in [-0.2, -0.15) is 0 Å². The van der Waals surface area contributed by atoms with Gasteiger partial charge in [-0.15, -0.1) is 0 Å². The van der Waals surface area contributed by atoms with Gasteiger partial charge in [0.25, 0.3) is 0 Å². The van der Waals surface area contributed by atoms with Crippen molar-refractivity contribution in [3.05, 3.63) is 65.2 Å². The van der Waals surface area contributed by atoms with Gasteiger partial charge in [0, 0.05) is 43.6 Å². The van der Waals surface area contributed by atoms with Crippen molar-refractivity contribution in [3.63, 3.8) is 0 Å². The summed E-state index contributed by atoms with van der Waals surface area (Å²) in [5, 5.41) is 9.79. The number of anilines is 1. The second-order valence-electron chi connectivity index (χ2n) is 8.04. The van der Waals surface area contributed by atoms with Crippen molar-refractivity contribution in [2.45, 2.75) is 38.5 Å². The van der Waals surface area contributed by atoms with Crippen molar-refractivity contribution < 1.29 is 4.79 Å². The van der Waals surface area contributed by atoms with Gasteiger partial charge in [-0.1, -0.05) is 56.3 Å². The highest BCUT2D eigenvalue weighted by Crippen LogP contribution is 2.31. The first-order valence-electron chi connectivity index (χ1n) is 9.80. The predicted octanol–water partition coefficient (Wildman–Crippen LogP) is 3.56. The van der Waals surface area contributed by atoms with Gasteiger partial charge in [0.1, 0.15) is 0 Å². The second kappa shape index (κ2) is 8.46. The summed E-state index contributed by atoms with van der Waals surface area (Å²) >= 11 is 0. The van der Waals surface area contributed by atoms with Crippen molar-refractivity contribution in [2.24, 2.45) is 4.99 Å². The molecule has 1 aliphatic rings. The number of carbonyl (C=O) groups is 1. The maximum Gasteiger partial charge on any atom is 0.225 e. The van der Waals surface area contributed by atoms with Crippen molar-refractivity contribution in [2.75, 3.05) is 25.5 Å². The van der Waals surface area contributed by atoms with E-state index < -0.39 is 0 Å². The van der Waals surface area contributed by atoms with Crippen LogP contribution < -0.4 is 16.0 Å². The van der Waals surface area contributed by atoms with Crippen molar-refractivity contribution in [3.8, 4) is 0 Å². The largest absolute Gasteiger partial charge is 0.356 e. The predicted molar refractivity (Wildman–Crippen MR) is 116 cm³/mol. The lowest BCUT2D eigenvalue weighted by Crippen LogP contribution is -2.45. The number of nitrogens with one attached hydrogen (secondary N) is 3. The summed E-state index contributed by atoms with van der Waals surface area (Å²) in [6, 6.07) is 16.5. The molecule has 2 aromatic rings. The number of hydrogen-bond donors (Lipinski definition) is 3. The number of para-hydroxylation sites is 1. The van der Waals surface area contributed by atoms with Crippen molar-refractivity contribution >= 4 is 17.6 Å². The molecule has 148 valence electrons. The van der Waals surface area contributed by atoms with Crippen LogP contribution in [-0.2, 0) is 10.2 Å². The molecule has 28 heavy (non-hydrogen) atoms. The van der Waals surface area contributed by atoms with Crippen LogP contribution in [0.15, 0.2) is 53.5 Å². The fraction of sp³-hybridized carbons (Fsp3) is 0.391. The number of rotatable bonds is 5. The molecular weight excluding hydrogens is 348 g/mol. The Morgan fingerprint density at radius 2 is 1.86 bits per heavy atom. The Morgan fingerprint density at radius 1 is 1.14 bits per heavy atom. The average molecular weight is 379 g/mol. The molecule has 0 aromatic heterocycles. The van der Waals surface area contributed by atoms with E-state index in [0.29, 0.717) is 13.0 Å². The summed E-state index contributed by atoms with van der Waals surface area (Å²) in [5.41, 5.74) is 4.68. The topological polar surface area (TPSA) is 65.5 Å². The zero-order valence-electron chi connectivity index (χ0n) is 17.2. The van der Waals surface area contributed by atoms with Gasteiger partial charge in [-0.05, 0) is 29.7 Å². The van der Waals surface area contributed by atoms with Gasteiger partial charge in [0.2, 0.25) is 5.91 Å². The van der Waals surface area contributed by atoms with Gasteiger partial charge in [0.15, 0.2) is 5.96 Å². The molecule has 5 heteroatoms. The van der Waals surface area contributed by atoms with Crippen molar-refractivity contribution in [1.82, 2.24) is 10.6 Å². The molecule has 0 saturated heterocycles. The third kappa shape index (κ3) is 4.53. The molecule has 3 N–H and O–H groups in total. The smallest absolute Gasteiger partial charge is 0.225 e. The summed E-state index contributed by atoms with van der Waals surface area (Å²) in [4.78, 5) is 16.4. The van der Waals surface area contributed by atoms with Gasteiger partial charge in [0.05, 0.1) is 0 Å². The van der Waals surface area contributed by atoms with E-state index >= 15 is 0 Å². The number of fused-ring (bicyclic) bond motifs is 1. The van der Waals surface area contributed by atoms with E-state index in [2.05, 4.69) is 72.0 Å². The Morgan fingerprint density at radius 3 is 2.61 bits per heavy atom. The molecule has 5 nitrogen and oxygen atoms in total. The maximum absolute atomic E-state index is 12.0. The molecule has 1 unspecified atom stereocenters. The highest BCUT2D eigenvalue weighted by Gasteiger charge is 2.26. The van der Waals surface area contributed by atoms with Crippen LogP contribution in [0.1, 0.15) is 42.9 Å². The molecule has 0 radical (unpaired) electrons. The summed E-state index contributed by atoms with van der Waals surface area (Å²) < 4.78 is 0. The zero-order chi connectivity index (χ0) is 20.1. The van der Waals surface area contributed by atoms with Crippen LogP contribution in [-0.4, -0.2) is 32.0 Å². The van der Waals surface area contributed by atoms with E-state index in [1.807, 2.05) is 18.2 Å². The normalized spacial score (nSPS) is 16.9. The average Bonchev–Trinajstić information content (AvgIpc) is 2.68. The van der Waals surface area contributed by atoms with Gasteiger partial charge < -0.3 is 16.0 Å². The maximum atomic E-state index is 12.0. The molecule has 1 amide bonds. The van der Waals surface area contributed by atoms with Crippen molar-refractivity contribution in [1.29, 1.82) is 0 Å². The minimum Gasteiger partial charge on any atom is -0.356 e. The number of benzene rings is 2. The molecule has 0 saturated carbocycles. The van der Waals surface area contributed by atoms with Crippen LogP contribution >= 0.6 is 0 Å². The first-order valence-corrected chi connectivity index (χ1v) is 9.80. The number of aliphatic imine (C=N–C) groups is 1. The lowest BCUT2D eigenvalue weighted by Gasteiger charge is -2.29. The number of aryl methyl sites for hydroxylation is 1. The molecule has 2 aromatic carbocycles. The van der Waals surface area contributed by atoms with E-state index in [1.165, 1.54) is 16.7 Å². The van der Waals surface area contributed by atoms with E-state index in [9.17, 15) is 4.79 Å². The zero-order valence-corrected chi connectivity index (χ0v) is 17.2. The molecule has 1 atom stereocenters. The monoisotopic (exact) mass is 378 g/mol. The Labute approximate surface area is 167 Å². The molecule has 1 aliphatic heterocycles. The standard InChI is InChI=1S/C23H30N4O/c1-16-9-5-7-11-19(16)23(2,3)15-26-22(24-4)25-14-17-13-21(28)27-20-12-8-6-10-18(17)20/h5-12,17H,13-15H2,1-4H3,(H,27,28)(H2,24,25,26). The highest BCUT2D eigenvalue weighted by molar-refractivity contribution is 5.94. The van der Waals surface area contributed by atoms with Crippen LogP contribution in [0.3, 0.4) is 0 Å². The van der Waals surface area contributed by atoms with E-state index in [1.54, 1.807) is 7.05 Å². The molecule has 0 fully saturated rings. The molecule has 0 spiro atoms. The van der Waals surface area contributed by atoms with Gasteiger partial charge in [-0.25, -0.2) is 0 Å². The number of carbonyl (C=O) groups excluding carboxylic acids is 1. The third-order valence-corrected chi connectivity index (χ3v) is 5.42. The van der Waals surface area contributed by atoms with Crippen LogP contribution in [0.25, 0.3) is 0 Å². The fourth-order valence-corrected chi connectivity index (χ4v) is 3.86. The lowest BCUT2D eigenvalue weighted by molar-refractivity contribution is -0.116. The molecule has 1 heterocycles. The first-order chi connectivity index (χ1) is 13.4. The van der Waals surface area contributed by atoms with E-state index in [4.69, 9.17) is 0 Å². The van der Waals surface area contributed by atoms with Crippen LogP contribution in [0, 0.1) is 6.92 Å². The minimum absolute atomic E-state index is 0.0275. The van der Waals surface area contributed by atoms with Gasteiger partial charge in [-0.3, -0.25) is 9.79 Å². The quantitative estimate of drug-likeness (QED) is 0.550. The van der Waals surface area contributed by atoms with E-state index in [0.717, 1.165) is 18.2 Å². The minimum atomic E-state index is -0.0275. The first kappa shape index (κ1) is 19.9. The molecule has 3 rings (SSSR count). The number of amides is 1. The number of nitrogens with zero attached hydrogens (tertiary/aromatic N) is 1. The molecule has 0 bridgehead atoms. The molecular formula is C23H30N4O. The summed E-state index contributed by atoms with van der Waals surface area (Å²) in [5.74, 6) is 0.951. The van der Waals surface area contributed by atoms with Crippen LogP contribution in [0.5, 0.6) is 0 Å². The highest BCUT2D eigenvalue weighted by atomic mass is 16.1. The van der Waals surface area contributed by atoms with E-state index in [-0.39, 0.29) is 17.2 Å².